The molecule has 1 N–H and O–H groups in total. The summed E-state index contributed by atoms with van der Waals surface area (Å²) in [4.78, 5) is 10.0. The van der Waals surface area contributed by atoms with Gasteiger partial charge in [0.05, 0.1) is 5.19 Å². The second kappa shape index (κ2) is 5.78. The molecule has 0 aliphatic heterocycles. The van der Waals surface area contributed by atoms with Crippen LogP contribution in [0.4, 0.5) is 17.6 Å². The van der Waals surface area contributed by atoms with Gasteiger partial charge in [0.15, 0.2) is 23.3 Å². The van der Waals surface area contributed by atoms with Crippen LogP contribution in [0.1, 0.15) is 13.8 Å². The quantitative estimate of drug-likeness (QED) is 0.385. The summed E-state index contributed by atoms with van der Waals surface area (Å²) in [5.41, 5.74) is 0. The van der Waals surface area contributed by atoms with E-state index in [1.165, 1.54) is 13.8 Å². The molecule has 102 valence electrons. The largest absolute Gasteiger partial charge is 0.537 e. The third-order valence-electron chi connectivity index (χ3n) is 2.12. The van der Waals surface area contributed by atoms with Crippen LogP contribution in [-0.2, 0) is 8.85 Å². The molecule has 0 saturated carbocycles. The highest BCUT2D eigenvalue weighted by molar-refractivity contribution is 6.74. The van der Waals surface area contributed by atoms with Crippen LogP contribution in [0.15, 0.2) is 6.07 Å². The molecule has 3 nitrogen and oxygen atoms in total. The molecule has 0 radical (unpaired) electrons. The van der Waals surface area contributed by atoms with Crippen molar-refractivity contribution >= 4 is 14.0 Å². The fraction of sp³-hybridized carbons (Fsp3) is 0.400. The molecule has 0 bridgehead atoms. The molecule has 0 amide bonds. The molecule has 0 heterocycles. The number of hydrogen-bond donors (Lipinski definition) is 1. The minimum Gasteiger partial charge on any atom is -0.386 e. The molecule has 0 saturated heterocycles. The second-order valence-corrected chi connectivity index (χ2v) is 5.58. The molecule has 1 rings (SSSR count). The average molecular weight is 284 g/mol. The van der Waals surface area contributed by atoms with Gasteiger partial charge in [-0.3, -0.25) is 0 Å². The van der Waals surface area contributed by atoms with Gasteiger partial charge < -0.3 is 13.6 Å². The zero-order valence-corrected chi connectivity index (χ0v) is 10.8. The second-order valence-electron chi connectivity index (χ2n) is 3.30. The van der Waals surface area contributed by atoms with Crippen molar-refractivity contribution in [3.05, 3.63) is 29.3 Å². The lowest BCUT2D eigenvalue weighted by atomic mass is 10.3. The van der Waals surface area contributed by atoms with Crippen LogP contribution < -0.4 is 5.19 Å². The molecule has 0 aromatic heterocycles. The van der Waals surface area contributed by atoms with E-state index in [0.29, 0.717) is 6.07 Å². The van der Waals surface area contributed by atoms with Crippen LogP contribution >= 0.6 is 0 Å². The van der Waals surface area contributed by atoms with Gasteiger partial charge in [-0.2, -0.15) is 0 Å². The summed E-state index contributed by atoms with van der Waals surface area (Å²) in [6.07, 6.45) is 0. The topological polar surface area (TPSA) is 38.7 Å². The Morgan fingerprint density at radius 3 is 1.94 bits per heavy atom. The Balaban J connectivity index is 3.37. The van der Waals surface area contributed by atoms with E-state index in [9.17, 15) is 22.4 Å². The predicted molar refractivity (Wildman–Crippen MR) is 57.1 cm³/mol. The van der Waals surface area contributed by atoms with Crippen molar-refractivity contribution in [3.63, 3.8) is 0 Å². The molecule has 0 aliphatic carbocycles. The van der Waals surface area contributed by atoms with E-state index in [-0.39, 0.29) is 13.2 Å². The van der Waals surface area contributed by atoms with Crippen LogP contribution in [-0.4, -0.2) is 26.8 Å². The fourth-order valence-corrected chi connectivity index (χ4v) is 3.26. The van der Waals surface area contributed by atoms with Gasteiger partial charge in [0.25, 0.3) is 0 Å². The number of halogens is 4. The molecule has 0 spiro atoms. The van der Waals surface area contributed by atoms with Crippen LogP contribution in [0.2, 0.25) is 0 Å². The van der Waals surface area contributed by atoms with Gasteiger partial charge in [-0.05, 0) is 19.9 Å². The van der Waals surface area contributed by atoms with Crippen molar-refractivity contribution in [1.82, 2.24) is 0 Å². The van der Waals surface area contributed by atoms with Crippen molar-refractivity contribution in [1.29, 1.82) is 0 Å². The highest BCUT2D eigenvalue weighted by Crippen LogP contribution is 2.16. The summed E-state index contributed by atoms with van der Waals surface area (Å²) >= 11 is 0. The van der Waals surface area contributed by atoms with Gasteiger partial charge in [0.1, 0.15) is 0 Å². The Morgan fingerprint density at radius 2 is 1.50 bits per heavy atom. The summed E-state index contributed by atoms with van der Waals surface area (Å²) in [7, 11) is -4.28. The molecule has 0 aliphatic rings. The van der Waals surface area contributed by atoms with Gasteiger partial charge in [-0.15, -0.1) is 0 Å². The molecule has 1 aromatic carbocycles. The SMILES string of the molecule is CCO[Si](O)(OCC)c1cc(F)c(F)c(F)c1F. The highest BCUT2D eigenvalue weighted by Gasteiger charge is 2.44. The molecular weight excluding hydrogens is 272 g/mol. The Bertz CT molecular complexity index is 436. The first-order valence-electron chi connectivity index (χ1n) is 5.21. The standard InChI is InChI=1S/C10H12F4O3Si/c1-3-16-18(15,17-4-2)7-5-6(11)8(12)10(14)9(7)13/h5,15H,3-4H2,1-2H3. The van der Waals surface area contributed by atoms with E-state index in [2.05, 4.69) is 0 Å². The van der Waals surface area contributed by atoms with E-state index in [1.54, 1.807) is 0 Å². The molecule has 8 heteroatoms. The Kier molecular flexibility index (Phi) is 4.85. The normalized spacial score (nSPS) is 11.9. The number of rotatable bonds is 5. The molecule has 1 aromatic rings. The maximum Gasteiger partial charge on any atom is 0.537 e. The first-order valence-corrected chi connectivity index (χ1v) is 6.97. The zero-order chi connectivity index (χ0) is 13.9. The lowest BCUT2D eigenvalue weighted by Gasteiger charge is -2.23. The molecule has 0 unspecified atom stereocenters. The average Bonchev–Trinajstić information content (AvgIpc) is 2.31. The fourth-order valence-electron chi connectivity index (χ4n) is 1.39. The summed E-state index contributed by atoms with van der Waals surface area (Å²) in [5, 5.41) is -0.817. The van der Waals surface area contributed by atoms with E-state index in [0.717, 1.165) is 0 Å². The molecule has 18 heavy (non-hydrogen) atoms. The molecule has 0 fully saturated rings. The van der Waals surface area contributed by atoms with Crippen LogP contribution in [0.3, 0.4) is 0 Å². The molecular formula is C10H12F4O3Si. The minimum absolute atomic E-state index is 0.0528. The third kappa shape index (κ3) is 2.71. The van der Waals surface area contributed by atoms with E-state index in [1.807, 2.05) is 0 Å². The molecule has 0 atom stereocenters. The Labute approximate surface area is 102 Å². The highest BCUT2D eigenvalue weighted by atomic mass is 28.4. The summed E-state index contributed by atoms with van der Waals surface area (Å²) in [6, 6.07) is 0.352. The maximum atomic E-state index is 13.5. The first kappa shape index (κ1) is 15.1. The van der Waals surface area contributed by atoms with E-state index >= 15 is 0 Å². The summed E-state index contributed by atoms with van der Waals surface area (Å²) in [6.45, 7) is 2.88. The Hall–Kier alpha value is -0.963. The van der Waals surface area contributed by atoms with Crippen LogP contribution in [0.25, 0.3) is 0 Å². The Morgan fingerprint density at radius 1 is 1.00 bits per heavy atom. The van der Waals surface area contributed by atoms with Gasteiger partial charge in [0, 0.05) is 13.2 Å². The van der Waals surface area contributed by atoms with E-state index in [4.69, 9.17) is 8.85 Å². The van der Waals surface area contributed by atoms with Gasteiger partial charge in [0.2, 0.25) is 0 Å². The smallest absolute Gasteiger partial charge is 0.386 e. The van der Waals surface area contributed by atoms with Crippen LogP contribution in [0, 0.1) is 23.3 Å². The van der Waals surface area contributed by atoms with Crippen molar-refractivity contribution in [2.75, 3.05) is 13.2 Å². The summed E-state index contributed by atoms with van der Waals surface area (Å²) in [5.74, 6) is -7.27. The lowest BCUT2D eigenvalue weighted by molar-refractivity contribution is 0.122. The van der Waals surface area contributed by atoms with Gasteiger partial charge >= 0.3 is 8.80 Å². The summed E-state index contributed by atoms with van der Waals surface area (Å²) < 4.78 is 62.2. The number of hydrogen-bond acceptors (Lipinski definition) is 3. The zero-order valence-electron chi connectivity index (χ0n) is 9.77. The monoisotopic (exact) mass is 284 g/mol. The minimum atomic E-state index is -4.28. The first-order chi connectivity index (χ1) is 8.37. The van der Waals surface area contributed by atoms with E-state index < -0.39 is 37.3 Å². The van der Waals surface area contributed by atoms with Crippen LogP contribution in [0.5, 0.6) is 0 Å². The van der Waals surface area contributed by atoms with Crippen molar-refractivity contribution in [3.8, 4) is 0 Å². The van der Waals surface area contributed by atoms with Crippen molar-refractivity contribution in [2.45, 2.75) is 13.8 Å². The van der Waals surface area contributed by atoms with Gasteiger partial charge in [-0.25, -0.2) is 17.6 Å². The van der Waals surface area contributed by atoms with Crippen molar-refractivity contribution in [2.24, 2.45) is 0 Å². The third-order valence-corrected chi connectivity index (χ3v) is 4.53. The lowest BCUT2D eigenvalue weighted by Crippen LogP contribution is -2.56. The maximum absolute atomic E-state index is 13.5. The van der Waals surface area contributed by atoms with Gasteiger partial charge in [-0.1, -0.05) is 0 Å². The predicted octanol–water partition coefficient (Wildman–Crippen LogP) is 1.45. The number of benzene rings is 1. The van der Waals surface area contributed by atoms with Crippen molar-refractivity contribution < 1.29 is 31.2 Å².